The van der Waals surface area contributed by atoms with E-state index in [4.69, 9.17) is 4.74 Å². The Kier molecular flexibility index (Phi) is 6.86. The lowest BCUT2D eigenvalue weighted by Crippen LogP contribution is -2.42. The Bertz CT molecular complexity index is 315. The third-order valence-corrected chi connectivity index (χ3v) is 2.57. The van der Waals surface area contributed by atoms with Crippen LogP contribution in [-0.2, 0) is 11.2 Å². The lowest BCUT2D eigenvalue weighted by atomic mass is 10.1. The van der Waals surface area contributed by atoms with Crippen molar-refractivity contribution in [1.29, 1.82) is 0 Å². The van der Waals surface area contributed by atoms with Crippen LogP contribution in [0.15, 0.2) is 24.4 Å². The van der Waals surface area contributed by atoms with Crippen LogP contribution >= 0.6 is 0 Å². The summed E-state index contributed by atoms with van der Waals surface area (Å²) < 4.78 is 5.50. The average molecular weight is 252 g/mol. The molecule has 1 aromatic rings. The van der Waals surface area contributed by atoms with Gasteiger partial charge < -0.3 is 15.2 Å². The summed E-state index contributed by atoms with van der Waals surface area (Å²) in [6, 6.07) is 5.84. The lowest BCUT2D eigenvalue weighted by Gasteiger charge is -2.23. The van der Waals surface area contributed by atoms with Gasteiger partial charge in [-0.1, -0.05) is 13.0 Å². The number of pyridine rings is 1. The third-order valence-electron chi connectivity index (χ3n) is 2.57. The Balaban J connectivity index is 2.13. The fourth-order valence-corrected chi connectivity index (χ4v) is 1.60. The standard InChI is InChI=1S/C14H24N2O2/c1-3-8-15-11-14(2,17)12-18-10-7-13-6-4-5-9-16-13/h4-6,9,15,17H,3,7-8,10-12H2,1-2H3. The van der Waals surface area contributed by atoms with Crippen LogP contribution in [0.1, 0.15) is 26.0 Å². The largest absolute Gasteiger partial charge is 0.386 e. The van der Waals surface area contributed by atoms with Gasteiger partial charge in [0.25, 0.3) is 0 Å². The molecule has 1 heterocycles. The molecule has 4 nitrogen and oxygen atoms in total. The van der Waals surface area contributed by atoms with Crippen LogP contribution in [0.4, 0.5) is 0 Å². The first-order chi connectivity index (χ1) is 8.64. The summed E-state index contributed by atoms with van der Waals surface area (Å²) in [4.78, 5) is 4.22. The van der Waals surface area contributed by atoms with E-state index in [9.17, 15) is 5.11 Å². The molecule has 18 heavy (non-hydrogen) atoms. The van der Waals surface area contributed by atoms with E-state index >= 15 is 0 Å². The van der Waals surface area contributed by atoms with Crippen molar-refractivity contribution in [1.82, 2.24) is 10.3 Å². The van der Waals surface area contributed by atoms with Crippen molar-refractivity contribution < 1.29 is 9.84 Å². The van der Waals surface area contributed by atoms with E-state index in [-0.39, 0.29) is 0 Å². The molecule has 0 saturated heterocycles. The summed E-state index contributed by atoms with van der Waals surface area (Å²) in [6.07, 6.45) is 3.62. The van der Waals surface area contributed by atoms with Crippen molar-refractivity contribution in [3.63, 3.8) is 0 Å². The number of hydrogen-bond donors (Lipinski definition) is 2. The van der Waals surface area contributed by atoms with Gasteiger partial charge in [0.2, 0.25) is 0 Å². The van der Waals surface area contributed by atoms with Gasteiger partial charge in [-0.05, 0) is 32.0 Å². The van der Waals surface area contributed by atoms with Crippen molar-refractivity contribution in [2.45, 2.75) is 32.3 Å². The highest BCUT2D eigenvalue weighted by Gasteiger charge is 2.19. The molecule has 0 spiro atoms. The average Bonchev–Trinajstić information content (AvgIpc) is 2.36. The highest BCUT2D eigenvalue weighted by atomic mass is 16.5. The molecule has 4 heteroatoms. The number of hydrogen-bond acceptors (Lipinski definition) is 4. The Hall–Kier alpha value is -0.970. The van der Waals surface area contributed by atoms with E-state index in [1.54, 1.807) is 13.1 Å². The third kappa shape index (κ3) is 6.69. The monoisotopic (exact) mass is 252 g/mol. The lowest BCUT2D eigenvalue weighted by molar-refractivity contribution is -0.0315. The summed E-state index contributed by atoms with van der Waals surface area (Å²) in [5.41, 5.74) is 0.209. The zero-order chi connectivity index (χ0) is 13.3. The quantitative estimate of drug-likeness (QED) is 0.652. The summed E-state index contributed by atoms with van der Waals surface area (Å²) in [5, 5.41) is 13.2. The number of ether oxygens (including phenoxy) is 1. The maximum atomic E-state index is 10.0. The van der Waals surface area contributed by atoms with E-state index in [1.807, 2.05) is 18.2 Å². The molecule has 102 valence electrons. The van der Waals surface area contributed by atoms with Gasteiger partial charge in [0.1, 0.15) is 0 Å². The molecule has 1 aromatic heterocycles. The first-order valence-corrected chi connectivity index (χ1v) is 6.55. The smallest absolute Gasteiger partial charge is 0.0975 e. The Labute approximate surface area is 109 Å². The second-order valence-electron chi connectivity index (χ2n) is 4.80. The first kappa shape index (κ1) is 15.1. The van der Waals surface area contributed by atoms with Crippen molar-refractivity contribution in [2.24, 2.45) is 0 Å². The molecule has 0 aliphatic rings. The van der Waals surface area contributed by atoms with Crippen molar-refractivity contribution in [2.75, 3.05) is 26.3 Å². The fourth-order valence-electron chi connectivity index (χ4n) is 1.60. The molecular formula is C14H24N2O2. The van der Waals surface area contributed by atoms with Gasteiger partial charge in [0, 0.05) is 24.9 Å². The molecule has 0 amide bonds. The van der Waals surface area contributed by atoms with Crippen LogP contribution in [-0.4, -0.2) is 42.0 Å². The van der Waals surface area contributed by atoms with Crippen LogP contribution in [0.3, 0.4) is 0 Å². The number of nitrogens with zero attached hydrogens (tertiary/aromatic N) is 1. The van der Waals surface area contributed by atoms with Gasteiger partial charge in [-0.25, -0.2) is 0 Å². The van der Waals surface area contributed by atoms with Gasteiger partial charge in [0.15, 0.2) is 0 Å². The molecule has 0 saturated carbocycles. The molecule has 0 radical (unpaired) electrons. The van der Waals surface area contributed by atoms with Crippen molar-refractivity contribution in [3.05, 3.63) is 30.1 Å². The predicted octanol–water partition coefficient (Wildman–Crippen LogP) is 1.39. The predicted molar refractivity (Wildman–Crippen MR) is 72.5 cm³/mol. The second kappa shape index (κ2) is 8.19. The molecule has 2 N–H and O–H groups in total. The van der Waals surface area contributed by atoms with Crippen LogP contribution in [0, 0.1) is 0 Å². The van der Waals surface area contributed by atoms with E-state index in [2.05, 4.69) is 17.2 Å². The Morgan fingerprint density at radius 2 is 2.28 bits per heavy atom. The molecule has 1 rings (SSSR count). The zero-order valence-electron chi connectivity index (χ0n) is 11.4. The minimum absolute atomic E-state index is 0.344. The van der Waals surface area contributed by atoms with E-state index in [0.717, 1.165) is 25.1 Å². The molecule has 0 aliphatic heterocycles. The summed E-state index contributed by atoms with van der Waals surface area (Å²) in [6.45, 7) is 6.30. The molecule has 0 bridgehead atoms. The zero-order valence-corrected chi connectivity index (χ0v) is 11.4. The summed E-state index contributed by atoms with van der Waals surface area (Å²) in [5.74, 6) is 0. The number of aliphatic hydroxyl groups is 1. The van der Waals surface area contributed by atoms with E-state index in [1.165, 1.54) is 0 Å². The number of aromatic nitrogens is 1. The Morgan fingerprint density at radius 3 is 2.94 bits per heavy atom. The van der Waals surface area contributed by atoms with Crippen molar-refractivity contribution >= 4 is 0 Å². The van der Waals surface area contributed by atoms with Gasteiger partial charge >= 0.3 is 0 Å². The first-order valence-electron chi connectivity index (χ1n) is 6.55. The van der Waals surface area contributed by atoms with Gasteiger partial charge in [-0.2, -0.15) is 0 Å². The maximum Gasteiger partial charge on any atom is 0.0975 e. The van der Waals surface area contributed by atoms with E-state index < -0.39 is 5.60 Å². The normalized spacial score (nSPS) is 14.4. The molecule has 0 aromatic carbocycles. The minimum atomic E-state index is -0.806. The molecule has 1 atom stereocenters. The maximum absolute atomic E-state index is 10.0. The topological polar surface area (TPSA) is 54.4 Å². The molecule has 0 fully saturated rings. The molecule has 0 aliphatic carbocycles. The van der Waals surface area contributed by atoms with Gasteiger partial charge in [0.05, 0.1) is 18.8 Å². The summed E-state index contributed by atoms with van der Waals surface area (Å²) >= 11 is 0. The van der Waals surface area contributed by atoms with Gasteiger partial charge in [-0.15, -0.1) is 0 Å². The molecular weight excluding hydrogens is 228 g/mol. The number of nitrogens with one attached hydrogen (secondary N) is 1. The second-order valence-corrected chi connectivity index (χ2v) is 4.80. The highest BCUT2D eigenvalue weighted by Crippen LogP contribution is 2.03. The summed E-state index contributed by atoms with van der Waals surface area (Å²) in [7, 11) is 0. The van der Waals surface area contributed by atoms with Crippen LogP contribution < -0.4 is 5.32 Å². The minimum Gasteiger partial charge on any atom is -0.386 e. The van der Waals surface area contributed by atoms with Gasteiger partial charge in [-0.3, -0.25) is 4.98 Å². The van der Waals surface area contributed by atoms with Crippen LogP contribution in [0.2, 0.25) is 0 Å². The van der Waals surface area contributed by atoms with E-state index in [0.29, 0.717) is 19.8 Å². The highest BCUT2D eigenvalue weighted by molar-refractivity contribution is 5.03. The molecule has 1 unspecified atom stereocenters. The number of rotatable bonds is 9. The SMILES string of the molecule is CCCNCC(C)(O)COCCc1ccccn1. The van der Waals surface area contributed by atoms with Crippen molar-refractivity contribution in [3.8, 4) is 0 Å². The van der Waals surface area contributed by atoms with Crippen LogP contribution in [0.25, 0.3) is 0 Å². The fraction of sp³-hybridized carbons (Fsp3) is 0.643. The van der Waals surface area contributed by atoms with Crippen LogP contribution in [0.5, 0.6) is 0 Å². The Morgan fingerprint density at radius 1 is 1.44 bits per heavy atom.